The quantitative estimate of drug-likeness (QED) is 0.941. The van der Waals surface area contributed by atoms with E-state index in [4.69, 9.17) is 10.5 Å². The van der Waals surface area contributed by atoms with Crippen molar-refractivity contribution in [1.82, 2.24) is 4.90 Å². The predicted octanol–water partition coefficient (Wildman–Crippen LogP) is 3.16. The second kappa shape index (κ2) is 6.04. The fourth-order valence-corrected chi connectivity index (χ4v) is 3.36. The van der Waals surface area contributed by atoms with Gasteiger partial charge in [0, 0.05) is 30.6 Å². The van der Waals surface area contributed by atoms with Crippen LogP contribution in [-0.4, -0.2) is 30.6 Å². The van der Waals surface area contributed by atoms with Gasteiger partial charge in [-0.05, 0) is 36.8 Å². The molecule has 1 heterocycles. The standard InChI is InChI=1S/C18H24N2O/c1-13-11-15(19)9-10-20(13)12-14-7-8-18(21-2)17-6-4-3-5-16(14)17/h3-8,13,15H,9-12,19H2,1-2H3/t13-,15+/m0/s1. The number of hydrogen-bond donors (Lipinski definition) is 1. The van der Waals surface area contributed by atoms with Crippen LogP contribution in [0.2, 0.25) is 0 Å². The van der Waals surface area contributed by atoms with Crippen LogP contribution in [0, 0.1) is 0 Å². The van der Waals surface area contributed by atoms with E-state index >= 15 is 0 Å². The first-order valence-electron chi connectivity index (χ1n) is 7.73. The zero-order valence-electron chi connectivity index (χ0n) is 12.9. The summed E-state index contributed by atoms with van der Waals surface area (Å²) < 4.78 is 5.48. The summed E-state index contributed by atoms with van der Waals surface area (Å²) in [4.78, 5) is 2.54. The molecule has 0 radical (unpaired) electrons. The second-order valence-electron chi connectivity index (χ2n) is 6.08. The van der Waals surface area contributed by atoms with Gasteiger partial charge < -0.3 is 10.5 Å². The van der Waals surface area contributed by atoms with Gasteiger partial charge in [-0.15, -0.1) is 0 Å². The third-order valence-electron chi connectivity index (χ3n) is 4.62. The molecule has 3 heteroatoms. The van der Waals surface area contributed by atoms with Crippen molar-refractivity contribution in [1.29, 1.82) is 0 Å². The van der Waals surface area contributed by atoms with Gasteiger partial charge in [0.05, 0.1) is 7.11 Å². The number of ether oxygens (including phenoxy) is 1. The van der Waals surface area contributed by atoms with E-state index in [9.17, 15) is 0 Å². The molecule has 1 saturated heterocycles. The van der Waals surface area contributed by atoms with Gasteiger partial charge in [0.1, 0.15) is 5.75 Å². The molecule has 1 aliphatic rings. The van der Waals surface area contributed by atoms with Crippen molar-refractivity contribution in [2.75, 3.05) is 13.7 Å². The Morgan fingerprint density at radius 1 is 1.19 bits per heavy atom. The van der Waals surface area contributed by atoms with E-state index in [0.29, 0.717) is 12.1 Å². The second-order valence-corrected chi connectivity index (χ2v) is 6.08. The van der Waals surface area contributed by atoms with Crippen LogP contribution in [-0.2, 0) is 6.54 Å². The van der Waals surface area contributed by atoms with Crippen LogP contribution < -0.4 is 10.5 Å². The minimum Gasteiger partial charge on any atom is -0.496 e. The lowest BCUT2D eigenvalue weighted by molar-refractivity contribution is 0.140. The van der Waals surface area contributed by atoms with Gasteiger partial charge in [-0.25, -0.2) is 0 Å². The zero-order valence-corrected chi connectivity index (χ0v) is 12.9. The molecule has 21 heavy (non-hydrogen) atoms. The average molecular weight is 284 g/mol. The molecule has 1 fully saturated rings. The van der Waals surface area contributed by atoms with Gasteiger partial charge in [-0.2, -0.15) is 0 Å². The molecular formula is C18H24N2O. The maximum Gasteiger partial charge on any atom is 0.126 e. The van der Waals surface area contributed by atoms with E-state index in [0.717, 1.165) is 31.7 Å². The van der Waals surface area contributed by atoms with Crippen molar-refractivity contribution in [3.63, 3.8) is 0 Å². The Balaban J connectivity index is 1.91. The van der Waals surface area contributed by atoms with Crippen LogP contribution >= 0.6 is 0 Å². The third-order valence-corrected chi connectivity index (χ3v) is 4.62. The highest BCUT2D eigenvalue weighted by atomic mass is 16.5. The van der Waals surface area contributed by atoms with Gasteiger partial charge in [-0.1, -0.05) is 30.3 Å². The highest BCUT2D eigenvalue weighted by molar-refractivity contribution is 5.91. The van der Waals surface area contributed by atoms with E-state index in [1.807, 2.05) is 0 Å². The molecule has 0 spiro atoms. The number of benzene rings is 2. The largest absolute Gasteiger partial charge is 0.496 e. The van der Waals surface area contributed by atoms with E-state index in [1.165, 1.54) is 16.3 Å². The monoisotopic (exact) mass is 284 g/mol. The van der Waals surface area contributed by atoms with E-state index < -0.39 is 0 Å². The van der Waals surface area contributed by atoms with Gasteiger partial charge in [0.15, 0.2) is 0 Å². The first-order chi connectivity index (χ1) is 10.2. The first kappa shape index (κ1) is 14.4. The number of methoxy groups -OCH3 is 1. The number of nitrogens with zero attached hydrogens (tertiary/aromatic N) is 1. The van der Waals surface area contributed by atoms with Gasteiger partial charge in [0.25, 0.3) is 0 Å². The number of hydrogen-bond acceptors (Lipinski definition) is 3. The Morgan fingerprint density at radius 3 is 2.67 bits per heavy atom. The summed E-state index contributed by atoms with van der Waals surface area (Å²) in [5, 5.41) is 2.48. The Morgan fingerprint density at radius 2 is 1.95 bits per heavy atom. The Labute approximate surface area is 126 Å². The lowest BCUT2D eigenvalue weighted by atomic mass is 9.97. The molecule has 0 aliphatic carbocycles. The van der Waals surface area contributed by atoms with E-state index in [1.54, 1.807) is 7.11 Å². The molecule has 2 N–H and O–H groups in total. The van der Waals surface area contributed by atoms with Crippen molar-refractivity contribution in [2.24, 2.45) is 5.73 Å². The zero-order chi connectivity index (χ0) is 14.8. The van der Waals surface area contributed by atoms with Crippen LogP contribution in [0.5, 0.6) is 5.75 Å². The molecule has 0 amide bonds. The van der Waals surface area contributed by atoms with Crippen molar-refractivity contribution in [2.45, 2.75) is 38.4 Å². The molecule has 0 unspecified atom stereocenters. The smallest absolute Gasteiger partial charge is 0.126 e. The molecule has 3 nitrogen and oxygen atoms in total. The van der Waals surface area contributed by atoms with Crippen molar-refractivity contribution in [3.05, 3.63) is 42.0 Å². The maximum atomic E-state index is 6.07. The molecule has 2 aromatic carbocycles. The summed E-state index contributed by atoms with van der Waals surface area (Å²) in [6.45, 7) is 4.35. The number of nitrogens with two attached hydrogens (primary N) is 1. The lowest BCUT2D eigenvalue weighted by Crippen LogP contribution is -2.44. The Bertz CT molecular complexity index is 626. The fraction of sp³-hybridized carbons (Fsp3) is 0.444. The summed E-state index contributed by atoms with van der Waals surface area (Å²) in [5.74, 6) is 0.947. The Kier molecular flexibility index (Phi) is 4.13. The van der Waals surface area contributed by atoms with Crippen LogP contribution in [0.3, 0.4) is 0 Å². The van der Waals surface area contributed by atoms with Crippen LogP contribution in [0.1, 0.15) is 25.3 Å². The summed E-state index contributed by atoms with van der Waals surface area (Å²) in [5.41, 5.74) is 7.44. The number of likely N-dealkylation sites (tertiary alicyclic amines) is 1. The SMILES string of the molecule is COc1ccc(CN2CC[C@@H](N)C[C@@H]2C)c2ccccc12. The highest BCUT2D eigenvalue weighted by Gasteiger charge is 2.23. The molecule has 2 atom stereocenters. The molecule has 0 aromatic heterocycles. The summed E-state index contributed by atoms with van der Waals surface area (Å²) in [6.07, 6.45) is 2.19. The van der Waals surface area contributed by atoms with Gasteiger partial charge in [-0.3, -0.25) is 4.90 Å². The molecule has 2 aromatic rings. The summed E-state index contributed by atoms with van der Waals surface area (Å²) >= 11 is 0. The van der Waals surface area contributed by atoms with Crippen LogP contribution in [0.4, 0.5) is 0 Å². The normalized spacial score (nSPS) is 23.4. The summed E-state index contributed by atoms with van der Waals surface area (Å²) in [6, 6.07) is 13.7. The Hall–Kier alpha value is -1.58. The van der Waals surface area contributed by atoms with Crippen LogP contribution in [0.15, 0.2) is 36.4 Å². The number of rotatable bonds is 3. The van der Waals surface area contributed by atoms with Crippen molar-refractivity contribution < 1.29 is 4.74 Å². The van der Waals surface area contributed by atoms with Crippen molar-refractivity contribution >= 4 is 10.8 Å². The number of fused-ring (bicyclic) bond motifs is 1. The van der Waals surface area contributed by atoms with Gasteiger partial charge in [0.2, 0.25) is 0 Å². The maximum absolute atomic E-state index is 6.07. The van der Waals surface area contributed by atoms with E-state index in [2.05, 4.69) is 48.2 Å². The first-order valence-corrected chi connectivity index (χ1v) is 7.73. The topological polar surface area (TPSA) is 38.5 Å². The minimum absolute atomic E-state index is 0.365. The summed E-state index contributed by atoms with van der Waals surface area (Å²) in [7, 11) is 1.73. The third kappa shape index (κ3) is 2.89. The van der Waals surface area contributed by atoms with E-state index in [-0.39, 0.29) is 0 Å². The molecule has 112 valence electrons. The number of piperidine rings is 1. The molecule has 0 bridgehead atoms. The molecular weight excluding hydrogens is 260 g/mol. The molecule has 3 rings (SSSR count). The molecule has 1 aliphatic heterocycles. The fourth-order valence-electron chi connectivity index (χ4n) is 3.36. The van der Waals surface area contributed by atoms with Crippen LogP contribution in [0.25, 0.3) is 10.8 Å². The highest BCUT2D eigenvalue weighted by Crippen LogP contribution is 2.30. The average Bonchev–Trinajstić information content (AvgIpc) is 2.50. The van der Waals surface area contributed by atoms with Gasteiger partial charge >= 0.3 is 0 Å². The predicted molar refractivity (Wildman–Crippen MR) is 87.6 cm³/mol. The lowest BCUT2D eigenvalue weighted by Gasteiger charge is -2.36. The minimum atomic E-state index is 0.365. The molecule has 0 saturated carbocycles. The van der Waals surface area contributed by atoms with Crippen molar-refractivity contribution in [3.8, 4) is 5.75 Å².